The van der Waals surface area contributed by atoms with Gasteiger partial charge in [-0.15, -0.1) is 0 Å². The van der Waals surface area contributed by atoms with Crippen LogP contribution >= 0.6 is 0 Å². The number of nitrogens with zero attached hydrogens (tertiary/aromatic N) is 1. The zero-order valence-electron chi connectivity index (χ0n) is 10.6. The van der Waals surface area contributed by atoms with E-state index in [-0.39, 0.29) is 11.9 Å². The Bertz CT molecular complexity index is 386. The standard InChI is InChI=1S/C14H20N2O/c1-3-4-11-5-7-12(8-6-11)16-10-9-13(15-2)14(16)17/h5-8,13,15H,3-4,9-10H2,1-2H3. The summed E-state index contributed by atoms with van der Waals surface area (Å²) in [5.41, 5.74) is 2.36. The summed E-state index contributed by atoms with van der Waals surface area (Å²) in [7, 11) is 1.84. The van der Waals surface area contributed by atoms with E-state index in [1.165, 1.54) is 5.56 Å². The quantitative estimate of drug-likeness (QED) is 0.860. The van der Waals surface area contributed by atoms with Crippen molar-refractivity contribution in [3.05, 3.63) is 29.8 Å². The van der Waals surface area contributed by atoms with Crippen molar-refractivity contribution >= 4 is 11.6 Å². The minimum atomic E-state index is -0.00896. The molecular weight excluding hydrogens is 212 g/mol. The van der Waals surface area contributed by atoms with Gasteiger partial charge in [-0.2, -0.15) is 0 Å². The number of hydrogen-bond donors (Lipinski definition) is 1. The van der Waals surface area contributed by atoms with Crippen LogP contribution in [0.25, 0.3) is 0 Å². The molecule has 0 aliphatic carbocycles. The molecule has 1 amide bonds. The smallest absolute Gasteiger partial charge is 0.244 e. The summed E-state index contributed by atoms with van der Waals surface area (Å²) < 4.78 is 0. The molecule has 1 saturated heterocycles. The van der Waals surface area contributed by atoms with Crippen LogP contribution in [-0.2, 0) is 11.2 Å². The Morgan fingerprint density at radius 1 is 1.35 bits per heavy atom. The fourth-order valence-corrected chi connectivity index (χ4v) is 2.34. The number of likely N-dealkylation sites (N-methyl/N-ethyl adjacent to an activating group) is 1. The number of aryl methyl sites for hydroxylation is 1. The van der Waals surface area contributed by atoms with Gasteiger partial charge in [0.15, 0.2) is 0 Å². The Morgan fingerprint density at radius 2 is 2.06 bits per heavy atom. The van der Waals surface area contributed by atoms with Crippen molar-refractivity contribution in [2.24, 2.45) is 0 Å². The summed E-state index contributed by atoms with van der Waals surface area (Å²) >= 11 is 0. The predicted molar refractivity (Wildman–Crippen MR) is 70.3 cm³/mol. The normalized spacial score (nSPS) is 20.0. The molecular formula is C14H20N2O. The molecule has 1 aliphatic rings. The average molecular weight is 232 g/mol. The van der Waals surface area contributed by atoms with Crippen molar-refractivity contribution < 1.29 is 4.79 Å². The van der Waals surface area contributed by atoms with E-state index in [0.717, 1.165) is 31.5 Å². The molecule has 1 N–H and O–H groups in total. The van der Waals surface area contributed by atoms with Gasteiger partial charge in [0, 0.05) is 12.2 Å². The molecule has 0 aromatic heterocycles. The van der Waals surface area contributed by atoms with Gasteiger partial charge >= 0.3 is 0 Å². The minimum absolute atomic E-state index is 0.00896. The minimum Gasteiger partial charge on any atom is -0.311 e. The van der Waals surface area contributed by atoms with E-state index in [2.05, 4.69) is 36.5 Å². The second-order valence-corrected chi connectivity index (χ2v) is 4.54. The summed E-state index contributed by atoms with van der Waals surface area (Å²) in [6.45, 7) is 2.99. The third kappa shape index (κ3) is 2.50. The number of hydrogen-bond acceptors (Lipinski definition) is 2. The van der Waals surface area contributed by atoms with E-state index in [1.807, 2.05) is 11.9 Å². The molecule has 92 valence electrons. The van der Waals surface area contributed by atoms with Crippen molar-refractivity contribution in [2.45, 2.75) is 32.2 Å². The van der Waals surface area contributed by atoms with E-state index in [0.29, 0.717) is 0 Å². The van der Waals surface area contributed by atoms with Crippen molar-refractivity contribution in [2.75, 3.05) is 18.5 Å². The van der Waals surface area contributed by atoms with Gasteiger partial charge in [-0.1, -0.05) is 25.5 Å². The maximum atomic E-state index is 12.0. The molecule has 0 saturated carbocycles. The summed E-state index contributed by atoms with van der Waals surface area (Å²) in [6, 6.07) is 8.35. The monoisotopic (exact) mass is 232 g/mol. The van der Waals surface area contributed by atoms with Gasteiger partial charge in [-0.3, -0.25) is 4.79 Å². The van der Waals surface area contributed by atoms with Crippen LogP contribution < -0.4 is 10.2 Å². The summed E-state index contributed by atoms with van der Waals surface area (Å²) in [5.74, 6) is 0.191. The van der Waals surface area contributed by atoms with E-state index in [1.54, 1.807) is 0 Å². The number of carbonyl (C=O) groups excluding carboxylic acids is 1. The van der Waals surface area contributed by atoms with Gasteiger partial charge in [0.2, 0.25) is 5.91 Å². The van der Waals surface area contributed by atoms with E-state index < -0.39 is 0 Å². The molecule has 3 nitrogen and oxygen atoms in total. The fourth-order valence-electron chi connectivity index (χ4n) is 2.34. The van der Waals surface area contributed by atoms with Crippen LogP contribution in [0.5, 0.6) is 0 Å². The van der Waals surface area contributed by atoms with E-state index in [4.69, 9.17) is 0 Å². The number of rotatable bonds is 4. The summed E-state index contributed by atoms with van der Waals surface area (Å²) in [4.78, 5) is 13.9. The van der Waals surface area contributed by atoms with E-state index >= 15 is 0 Å². The van der Waals surface area contributed by atoms with Gasteiger partial charge in [0.1, 0.15) is 0 Å². The molecule has 1 unspecified atom stereocenters. The molecule has 2 rings (SSSR count). The summed E-state index contributed by atoms with van der Waals surface area (Å²) in [5, 5.41) is 3.05. The fraction of sp³-hybridized carbons (Fsp3) is 0.500. The number of benzene rings is 1. The second kappa shape index (κ2) is 5.32. The Labute approximate surface area is 103 Å². The molecule has 0 bridgehead atoms. The zero-order chi connectivity index (χ0) is 12.3. The second-order valence-electron chi connectivity index (χ2n) is 4.54. The molecule has 17 heavy (non-hydrogen) atoms. The molecule has 1 aliphatic heterocycles. The first-order valence-electron chi connectivity index (χ1n) is 6.34. The maximum absolute atomic E-state index is 12.0. The van der Waals surface area contributed by atoms with Crippen LogP contribution in [0.1, 0.15) is 25.3 Å². The highest BCUT2D eigenvalue weighted by Crippen LogP contribution is 2.22. The van der Waals surface area contributed by atoms with Crippen LogP contribution in [0.15, 0.2) is 24.3 Å². The van der Waals surface area contributed by atoms with Crippen molar-refractivity contribution in [3.8, 4) is 0 Å². The molecule has 0 radical (unpaired) electrons. The largest absolute Gasteiger partial charge is 0.311 e. The van der Waals surface area contributed by atoms with Crippen molar-refractivity contribution in [1.29, 1.82) is 0 Å². The zero-order valence-corrected chi connectivity index (χ0v) is 10.6. The van der Waals surface area contributed by atoms with Crippen LogP contribution in [0, 0.1) is 0 Å². The first kappa shape index (κ1) is 12.1. The lowest BCUT2D eigenvalue weighted by Crippen LogP contribution is -2.36. The number of nitrogens with one attached hydrogen (secondary N) is 1. The van der Waals surface area contributed by atoms with Crippen molar-refractivity contribution in [3.63, 3.8) is 0 Å². The molecule has 1 heterocycles. The maximum Gasteiger partial charge on any atom is 0.244 e. The number of carbonyl (C=O) groups is 1. The molecule has 0 spiro atoms. The van der Waals surface area contributed by atoms with Crippen LogP contribution in [0.2, 0.25) is 0 Å². The molecule has 1 atom stereocenters. The summed E-state index contributed by atoms with van der Waals surface area (Å²) in [6.07, 6.45) is 3.16. The van der Waals surface area contributed by atoms with Crippen molar-refractivity contribution in [1.82, 2.24) is 5.32 Å². The van der Waals surface area contributed by atoms with Gasteiger partial charge in [-0.25, -0.2) is 0 Å². The predicted octanol–water partition coefficient (Wildman–Crippen LogP) is 1.96. The van der Waals surface area contributed by atoms with Gasteiger partial charge in [-0.05, 0) is 37.6 Å². The lowest BCUT2D eigenvalue weighted by atomic mass is 10.1. The van der Waals surface area contributed by atoms with Crippen LogP contribution in [0.4, 0.5) is 5.69 Å². The lowest BCUT2D eigenvalue weighted by molar-refractivity contribution is -0.118. The Morgan fingerprint density at radius 3 is 2.59 bits per heavy atom. The third-order valence-electron chi connectivity index (χ3n) is 3.34. The highest BCUT2D eigenvalue weighted by atomic mass is 16.2. The van der Waals surface area contributed by atoms with Crippen LogP contribution in [0.3, 0.4) is 0 Å². The molecule has 3 heteroatoms. The van der Waals surface area contributed by atoms with Crippen LogP contribution in [-0.4, -0.2) is 25.5 Å². The Balaban J connectivity index is 2.10. The lowest BCUT2D eigenvalue weighted by Gasteiger charge is -2.17. The van der Waals surface area contributed by atoms with Gasteiger partial charge in [0.05, 0.1) is 6.04 Å². The highest BCUT2D eigenvalue weighted by Gasteiger charge is 2.30. The number of amides is 1. The SMILES string of the molecule is CCCc1ccc(N2CCC(NC)C2=O)cc1. The number of anilines is 1. The Kier molecular flexibility index (Phi) is 3.79. The highest BCUT2D eigenvalue weighted by molar-refractivity contribution is 5.99. The third-order valence-corrected chi connectivity index (χ3v) is 3.34. The molecule has 1 aromatic rings. The topological polar surface area (TPSA) is 32.3 Å². The molecule has 1 fully saturated rings. The Hall–Kier alpha value is -1.35. The first-order valence-corrected chi connectivity index (χ1v) is 6.34. The molecule has 1 aromatic carbocycles. The van der Waals surface area contributed by atoms with E-state index in [9.17, 15) is 4.79 Å². The first-order chi connectivity index (χ1) is 8.26. The average Bonchev–Trinajstić information content (AvgIpc) is 2.72. The van der Waals surface area contributed by atoms with Gasteiger partial charge < -0.3 is 10.2 Å². The van der Waals surface area contributed by atoms with Gasteiger partial charge in [0.25, 0.3) is 0 Å².